The molecule has 1 aliphatic carbocycles. The molecular weight excluding hydrogens is 386 g/mol. The molecular formula is C26H33N3O2. The summed E-state index contributed by atoms with van der Waals surface area (Å²) >= 11 is 0. The highest BCUT2D eigenvalue weighted by molar-refractivity contribution is 5.76. The number of aryl methyl sites for hydroxylation is 1. The van der Waals surface area contributed by atoms with Gasteiger partial charge in [-0.2, -0.15) is 0 Å². The lowest BCUT2D eigenvalue weighted by molar-refractivity contribution is 0.179. The molecule has 5 nitrogen and oxygen atoms in total. The van der Waals surface area contributed by atoms with Crippen molar-refractivity contribution in [2.75, 3.05) is 20.2 Å². The van der Waals surface area contributed by atoms with E-state index in [4.69, 9.17) is 14.5 Å². The summed E-state index contributed by atoms with van der Waals surface area (Å²) in [6.45, 7) is 5.29. The van der Waals surface area contributed by atoms with Crippen LogP contribution < -0.4 is 9.47 Å². The van der Waals surface area contributed by atoms with Crippen LogP contribution in [0.5, 0.6) is 11.5 Å². The molecule has 5 rings (SSSR count). The number of aromatic nitrogens is 2. The van der Waals surface area contributed by atoms with Crippen LogP contribution in [0.2, 0.25) is 0 Å². The minimum absolute atomic E-state index is 0.341. The normalized spacial score (nSPS) is 18.6. The van der Waals surface area contributed by atoms with Gasteiger partial charge in [-0.25, -0.2) is 4.98 Å². The van der Waals surface area contributed by atoms with Crippen molar-refractivity contribution < 1.29 is 9.47 Å². The minimum Gasteiger partial charge on any atom is -0.493 e. The summed E-state index contributed by atoms with van der Waals surface area (Å²) in [5.41, 5.74) is 3.68. The van der Waals surface area contributed by atoms with Crippen molar-refractivity contribution in [1.82, 2.24) is 14.5 Å². The van der Waals surface area contributed by atoms with E-state index in [-0.39, 0.29) is 0 Å². The summed E-state index contributed by atoms with van der Waals surface area (Å²) in [6, 6.07) is 15.5. The second-order valence-corrected chi connectivity index (χ2v) is 9.03. The summed E-state index contributed by atoms with van der Waals surface area (Å²) in [5.74, 6) is 2.88. The second-order valence-electron chi connectivity index (χ2n) is 9.03. The smallest absolute Gasteiger partial charge is 0.161 e. The largest absolute Gasteiger partial charge is 0.493 e. The van der Waals surface area contributed by atoms with E-state index in [2.05, 4.69) is 58.9 Å². The summed E-state index contributed by atoms with van der Waals surface area (Å²) in [7, 11) is 1.73. The summed E-state index contributed by atoms with van der Waals surface area (Å²) in [5, 5.41) is 0. The molecule has 3 aromatic rings. The number of ether oxygens (including phenoxy) is 2. The third-order valence-corrected chi connectivity index (χ3v) is 6.92. The zero-order valence-corrected chi connectivity index (χ0v) is 18.7. The number of benzene rings is 2. The van der Waals surface area contributed by atoms with Gasteiger partial charge in [0.2, 0.25) is 0 Å². The molecule has 31 heavy (non-hydrogen) atoms. The zero-order valence-electron chi connectivity index (χ0n) is 18.7. The maximum Gasteiger partial charge on any atom is 0.161 e. The number of hydrogen-bond donors (Lipinski definition) is 0. The Labute approximate surface area is 185 Å². The molecule has 0 unspecified atom stereocenters. The van der Waals surface area contributed by atoms with Gasteiger partial charge < -0.3 is 14.0 Å². The molecule has 1 saturated carbocycles. The lowest BCUT2D eigenvalue weighted by Gasteiger charge is -2.33. The predicted octanol–water partition coefficient (Wildman–Crippen LogP) is 5.51. The molecule has 2 aliphatic rings. The molecule has 1 aliphatic heterocycles. The molecule has 0 bridgehead atoms. The van der Waals surface area contributed by atoms with E-state index in [1.54, 1.807) is 7.11 Å². The van der Waals surface area contributed by atoms with E-state index in [1.807, 2.05) is 0 Å². The molecule has 2 fully saturated rings. The number of methoxy groups -OCH3 is 1. The fourth-order valence-corrected chi connectivity index (χ4v) is 5.32. The van der Waals surface area contributed by atoms with Gasteiger partial charge in [0.05, 0.1) is 24.2 Å². The van der Waals surface area contributed by atoms with Crippen molar-refractivity contribution in [1.29, 1.82) is 0 Å². The fraction of sp³-hybridized carbons (Fsp3) is 0.500. The Hall–Kier alpha value is -2.53. The molecule has 1 aromatic heterocycles. The Bertz CT molecular complexity index is 1030. The van der Waals surface area contributed by atoms with E-state index in [0.717, 1.165) is 68.2 Å². The molecule has 5 heteroatoms. The van der Waals surface area contributed by atoms with Gasteiger partial charge in [-0.3, -0.25) is 4.90 Å². The van der Waals surface area contributed by atoms with Crippen LogP contribution in [-0.4, -0.2) is 40.8 Å². The van der Waals surface area contributed by atoms with E-state index >= 15 is 0 Å². The van der Waals surface area contributed by atoms with E-state index < -0.39 is 0 Å². The number of fused-ring (bicyclic) bond motifs is 1. The lowest BCUT2D eigenvalue weighted by Crippen LogP contribution is -2.34. The monoisotopic (exact) mass is 419 g/mol. The fourth-order valence-electron chi connectivity index (χ4n) is 5.32. The molecule has 164 valence electrons. The predicted molar refractivity (Wildman–Crippen MR) is 124 cm³/mol. The van der Waals surface area contributed by atoms with Crippen LogP contribution in [0.3, 0.4) is 0 Å². The highest BCUT2D eigenvalue weighted by atomic mass is 16.5. The van der Waals surface area contributed by atoms with Crippen LogP contribution in [0.1, 0.15) is 56.0 Å². The van der Waals surface area contributed by atoms with Gasteiger partial charge in [-0.15, -0.1) is 0 Å². The molecule has 2 heterocycles. The van der Waals surface area contributed by atoms with Crippen LogP contribution in [0.4, 0.5) is 0 Å². The maximum atomic E-state index is 6.29. The van der Waals surface area contributed by atoms with Gasteiger partial charge in [-0.05, 0) is 75.3 Å². The summed E-state index contributed by atoms with van der Waals surface area (Å²) < 4.78 is 14.3. The Balaban J connectivity index is 1.24. The Morgan fingerprint density at radius 3 is 2.52 bits per heavy atom. The first-order chi connectivity index (χ1) is 15.2. The van der Waals surface area contributed by atoms with Gasteiger partial charge in [-0.1, -0.05) is 18.2 Å². The topological polar surface area (TPSA) is 39.5 Å². The van der Waals surface area contributed by atoms with Crippen LogP contribution >= 0.6 is 0 Å². The van der Waals surface area contributed by atoms with Gasteiger partial charge >= 0.3 is 0 Å². The number of likely N-dealkylation sites (tertiary alicyclic amines) is 1. The summed E-state index contributed by atoms with van der Waals surface area (Å²) in [6.07, 6.45) is 7.51. The van der Waals surface area contributed by atoms with Crippen LogP contribution in [0.15, 0.2) is 42.5 Å². The SMILES string of the molecule is COc1ccc(CN2CCC(n3c(C)nc4ccccc43)CC2)cc1OC1CCCC1. The van der Waals surface area contributed by atoms with E-state index in [0.29, 0.717) is 12.1 Å². The van der Waals surface area contributed by atoms with Crippen molar-refractivity contribution in [2.24, 2.45) is 0 Å². The quantitative estimate of drug-likeness (QED) is 0.528. The minimum atomic E-state index is 0.341. The maximum absolute atomic E-state index is 6.29. The Morgan fingerprint density at radius 1 is 0.968 bits per heavy atom. The highest BCUT2D eigenvalue weighted by Gasteiger charge is 2.24. The molecule has 0 N–H and O–H groups in total. The standard InChI is InChI=1S/C26H33N3O2/c1-19-27-23-9-5-6-10-24(23)29(19)21-13-15-28(16-14-21)18-20-11-12-25(30-2)26(17-20)31-22-7-3-4-8-22/h5-6,9-12,17,21-22H,3-4,7-8,13-16,18H2,1-2H3. The number of para-hydroxylation sites is 2. The first-order valence-corrected chi connectivity index (χ1v) is 11.7. The number of nitrogens with zero attached hydrogens (tertiary/aromatic N) is 3. The number of rotatable bonds is 6. The first kappa shape index (κ1) is 20.4. The molecule has 0 amide bonds. The van der Waals surface area contributed by atoms with Crippen molar-refractivity contribution >= 4 is 11.0 Å². The van der Waals surface area contributed by atoms with Crippen molar-refractivity contribution in [3.8, 4) is 11.5 Å². The van der Waals surface area contributed by atoms with Crippen LogP contribution in [-0.2, 0) is 6.54 Å². The van der Waals surface area contributed by atoms with Gasteiger partial charge in [0.25, 0.3) is 0 Å². The van der Waals surface area contributed by atoms with Crippen molar-refractivity contribution in [3.63, 3.8) is 0 Å². The Kier molecular flexibility index (Phi) is 5.86. The molecule has 0 atom stereocenters. The van der Waals surface area contributed by atoms with Gasteiger partial charge in [0.1, 0.15) is 5.82 Å². The van der Waals surface area contributed by atoms with Crippen LogP contribution in [0.25, 0.3) is 11.0 Å². The summed E-state index contributed by atoms with van der Waals surface area (Å²) in [4.78, 5) is 7.33. The number of piperidine rings is 1. The molecule has 2 aromatic carbocycles. The highest BCUT2D eigenvalue weighted by Crippen LogP contribution is 2.34. The van der Waals surface area contributed by atoms with Crippen molar-refractivity contribution in [2.45, 2.75) is 64.1 Å². The van der Waals surface area contributed by atoms with E-state index in [9.17, 15) is 0 Å². The average molecular weight is 420 g/mol. The van der Waals surface area contributed by atoms with Crippen molar-refractivity contribution in [3.05, 3.63) is 53.9 Å². The third-order valence-electron chi connectivity index (χ3n) is 6.92. The number of imidazole rings is 1. The second kappa shape index (κ2) is 8.91. The molecule has 0 radical (unpaired) electrons. The Morgan fingerprint density at radius 2 is 1.74 bits per heavy atom. The van der Waals surface area contributed by atoms with Gasteiger partial charge in [0, 0.05) is 25.7 Å². The van der Waals surface area contributed by atoms with Gasteiger partial charge in [0.15, 0.2) is 11.5 Å². The van der Waals surface area contributed by atoms with E-state index in [1.165, 1.54) is 23.9 Å². The lowest BCUT2D eigenvalue weighted by atomic mass is 10.0. The molecule has 0 spiro atoms. The average Bonchev–Trinajstić information content (AvgIpc) is 3.41. The van der Waals surface area contributed by atoms with Crippen LogP contribution in [0, 0.1) is 6.92 Å². The third kappa shape index (κ3) is 4.29. The molecule has 1 saturated heterocycles. The first-order valence-electron chi connectivity index (χ1n) is 11.7. The zero-order chi connectivity index (χ0) is 21.2. The number of hydrogen-bond acceptors (Lipinski definition) is 4.